The van der Waals surface area contributed by atoms with E-state index in [-0.39, 0.29) is 11.5 Å². The Hall–Kier alpha value is -1.20. The van der Waals surface area contributed by atoms with E-state index in [0.717, 1.165) is 29.5 Å². The molecule has 0 fully saturated rings. The Bertz CT molecular complexity index is 534. The summed E-state index contributed by atoms with van der Waals surface area (Å²) in [5, 5.41) is 3.27. The zero-order valence-electron chi connectivity index (χ0n) is 12.1. The van der Waals surface area contributed by atoms with Crippen LogP contribution in [0.1, 0.15) is 44.2 Å². The van der Waals surface area contributed by atoms with E-state index in [0.29, 0.717) is 0 Å². The lowest BCUT2D eigenvalue weighted by Crippen LogP contribution is -2.20. The van der Waals surface area contributed by atoms with Gasteiger partial charge in [-0.3, -0.25) is 0 Å². The molecule has 4 nitrogen and oxygen atoms in total. The molecule has 0 aliphatic rings. The second-order valence-electron chi connectivity index (χ2n) is 6.03. The molecule has 2 N–H and O–H groups in total. The van der Waals surface area contributed by atoms with Gasteiger partial charge in [0, 0.05) is 35.7 Å². The summed E-state index contributed by atoms with van der Waals surface area (Å²) in [5.41, 5.74) is 7.10. The van der Waals surface area contributed by atoms with Crippen molar-refractivity contribution in [2.45, 2.75) is 52.1 Å². The molecule has 2 heterocycles. The predicted molar refractivity (Wildman–Crippen MR) is 79.5 cm³/mol. The van der Waals surface area contributed by atoms with Crippen molar-refractivity contribution in [3.8, 4) is 0 Å². The van der Waals surface area contributed by atoms with Crippen molar-refractivity contribution in [3.05, 3.63) is 34.3 Å². The highest BCUT2D eigenvalue weighted by molar-refractivity contribution is 7.09. The van der Waals surface area contributed by atoms with Crippen LogP contribution in [0.5, 0.6) is 0 Å². The first-order valence-corrected chi connectivity index (χ1v) is 7.44. The Labute approximate surface area is 118 Å². The number of thiazole rings is 1. The van der Waals surface area contributed by atoms with Gasteiger partial charge < -0.3 is 10.3 Å². The summed E-state index contributed by atoms with van der Waals surface area (Å²) in [5.74, 6) is 1.03. The molecule has 0 aliphatic heterocycles. The lowest BCUT2D eigenvalue weighted by molar-refractivity contribution is 0.568. The minimum absolute atomic E-state index is 0.109. The molecule has 19 heavy (non-hydrogen) atoms. The summed E-state index contributed by atoms with van der Waals surface area (Å²) in [6, 6.07) is 0.127. The van der Waals surface area contributed by atoms with E-state index >= 15 is 0 Å². The molecule has 2 rings (SSSR count). The normalized spacial score (nSPS) is 13.7. The van der Waals surface area contributed by atoms with Gasteiger partial charge >= 0.3 is 0 Å². The average Bonchev–Trinajstić information content (AvgIpc) is 2.88. The highest BCUT2D eigenvalue weighted by Gasteiger charge is 2.17. The summed E-state index contributed by atoms with van der Waals surface area (Å²) in [7, 11) is 0. The zero-order valence-corrected chi connectivity index (χ0v) is 12.9. The van der Waals surface area contributed by atoms with Crippen molar-refractivity contribution in [1.82, 2.24) is 14.5 Å². The van der Waals surface area contributed by atoms with Gasteiger partial charge in [-0.2, -0.15) is 0 Å². The van der Waals surface area contributed by atoms with Gasteiger partial charge in [0.05, 0.1) is 12.2 Å². The van der Waals surface area contributed by atoms with Crippen LogP contribution in [0.15, 0.2) is 17.8 Å². The third-order valence-corrected chi connectivity index (χ3v) is 3.77. The van der Waals surface area contributed by atoms with Crippen LogP contribution in [0.2, 0.25) is 0 Å². The third-order valence-electron chi connectivity index (χ3n) is 2.93. The lowest BCUT2D eigenvalue weighted by Gasteiger charge is -2.14. The predicted octanol–water partition coefficient (Wildman–Crippen LogP) is 2.58. The van der Waals surface area contributed by atoms with Crippen LogP contribution >= 0.6 is 11.3 Å². The molecule has 1 atom stereocenters. The Morgan fingerprint density at radius 3 is 2.74 bits per heavy atom. The molecule has 104 valence electrons. The highest BCUT2D eigenvalue weighted by Crippen LogP contribution is 2.24. The molecule has 0 saturated heterocycles. The Morgan fingerprint density at radius 2 is 2.16 bits per heavy atom. The first-order valence-electron chi connectivity index (χ1n) is 6.56. The molecular formula is C14H22N4S. The Morgan fingerprint density at radius 1 is 1.42 bits per heavy atom. The molecule has 2 aromatic rings. The van der Waals surface area contributed by atoms with Crippen LogP contribution < -0.4 is 5.73 Å². The second-order valence-corrected chi connectivity index (χ2v) is 6.97. The van der Waals surface area contributed by atoms with Crippen LogP contribution in [0.4, 0.5) is 0 Å². The first-order chi connectivity index (χ1) is 8.86. The van der Waals surface area contributed by atoms with Gasteiger partial charge in [-0.1, -0.05) is 20.8 Å². The summed E-state index contributed by atoms with van der Waals surface area (Å²) in [6.07, 6.45) is 4.62. The maximum absolute atomic E-state index is 5.84. The van der Waals surface area contributed by atoms with Crippen molar-refractivity contribution in [2.24, 2.45) is 5.73 Å². The van der Waals surface area contributed by atoms with Gasteiger partial charge in [-0.25, -0.2) is 9.97 Å². The van der Waals surface area contributed by atoms with Crippen molar-refractivity contribution in [1.29, 1.82) is 0 Å². The van der Waals surface area contributed by atoms with E-state index < -0.39 is 0 Å². The molecule has 0 spiro atoms. The number of aromatic nitrogens is 3. The van der Waals surface area contributed by atoms with Crippen LogP contribution in [0, 0.1) is 0 Å². The fraction of sp³-hybridized carbons (Fsp3) is 0.571. The number of rotatable bonds is 4. The minimum Gasteiger partial charge on any atom is -0.328 e. The highest BCUT2D eigenvalue weighted by atomic mass is 32.1. The topological polar surface area (TPSA) is 56.7 Å². The second kappa shape index (κ2) is 5.43. The third kappa shape index (κ3) is 3.64. The smallest absolute Gasteiger partial charge is 0.113 e. The van der Waals surface area contributed by atoms with Gasteiger partial charge in [-0.15, -0.1) is 11.3 Å². The van der Waals surface area contributed by atoms with E-state index in [2.05, 4.69) is 35.7 Å². The van der Waals surface area contributed by atoms with E-state index in [9.17, 15) is 0 Å². The van der Waals surface area contributed by atoms with Gasteiger partial charge in [0.15, 0.2) is 0 Å². The number of hydrogen-bond donors (Lipinski definition) is 1. The zero-order chi connectivity index (χ0) is 14.0. The maximum atomic E-state index is 5.84. The van der Waals surface area contributed by atoms with Crippen LogP contribution in [0.3, 0.4) is 0 Å². The average molecular weight is 278 g/mol. The van der Waals surface area contributed by atoms with Crippen LogP contribution in [-0.4, -0.2) is 20.6 Å². The van der Waals surface area contributed by atoms with E-state index in [1.54, 1.807) is 11.3 Å². The Balaban J connectivity index is 2.13. The van der Waals surface area contributed by atoms with E-state index in [1.807, 2.05) is 19.3 Å². The van der Waals surface area contributed by atoms with E-state index in [4.69, 9.17) is 10.7 Å². The standard InChI is InChI=1S/C14H22N4S/c1-10(15)7-12-16-5-6-18(12)8-13-17-11(9-19-13)14(2,3)4/h5-6,9-10H,7-8,15H2,1-4H3. The molecule has 2 aromatic heterocycles. The van der Waals surface area contributed by atoms with Gasteiger partial charge in [0.1, 0.15) is 10.8 Å². The molecule has 5 heteroatoms. The summed E-state index contributed by atoms with van der Waals surface area (Å²) < 4.78 is 2.13. The maximum Gasteiger partial charge on any atom is 0.113 e. The fourth-order valence-electron chi connectivity index (χ4n) is 1.84. The van der Waals surface area contributed by atoms with Crippen molar-refractivity contribution >= 4 is 11.3 Å². The summed E-state index contributed by atoms with van der Waals surface area (Å²) in [4.78, 5) is 9.08. The van der Waals surface area contributed by atoms with Gasteiger partial charge in [0.2, 0.25) is 0 Å². The molecule has 0 radical (unpaired) electrons. The van der Waals surface area contributed by atoms with Crippen molar-refractivity contribution in [3.63, 3.8) is 0 Å². The van der Waals surface area contributed by atoms with E-state index in [1.165, 1.54) is 0 Å². The largest absolute Gasteiger partial charge is 0.328 e. The summed E-state index contributed by atoms with van der Waals surface area (Å²) >= 11 is 1.71. The lowest BCUT2D eigenvalue weighted by atomic mass is 9.93. The summed E-state index contributed by atoms with van der Waals surface area (Å²) in [6.45, 7) is 9.34. The molecule has 0 amide bonds. The molecule has 1 unspecified atom stereocenters. The molecule has 0 saturated carbocycles. The van der Waals surface area contributed by atoms with Gasteiger partial charge in [-0.05, 0) is 6.92 Å². The van der Waals surface area contributed by atoms with Crippen molar-refractivity contribution in [2.75, 3.05) is 0 Å². The molecule has 0 aliphatic carbocycles. The van der Waals surface area contributed by atoms with Crippen LogP contribution in [0.25, 0.3) is 0 Å². The fourth-order valence-corrected chi connectivity index (χ4v) is 2.85. The quantitative estimate of drug-likeness (QED) is 0.935. The van der Waals surface area contributed by atoms with Crippen molar-refractivity contribution < 1.29 is 0 Å². The minimum atomic E-state index is 0.109. The van der Waals surface area contributed by atoms with Crippen LogP contribution in [-0.2, 0) is 18.4 Å². The number of imidazole rings is 1. The SMILES string of the molecule is CC(N)Cc1nccn1Cc1nc(C(C)(C)C)cs1. The van der Waals surface area contributed by atoms with Gasteiger partial charge in [0.25, 0.3) is 0 Å². The number of hydrogen-bond acceptors (Lipinski definition) is 4. The Kier molecular flexibility index (Phi) is 4.06. The molecular weight excluding hydrogens is 256 g/mol. The monoisotopic (exact) mass is 278 g/mol. The molecule has 0 aromatic carbocycles. The molecule has 0 bridgehead atoms. The number of nitrogens with zero attached hydrogens (tertiary/aromatic N) is 3. The number of nitrogens with two attached hydrogens (primary N) is 1. The first kappa shape index (κ1) is 14.2.